The Hall–Kier alpha value is 1.15. The number of halogens is 2. The van der Waals surface area contributed by atoms with Crippen LogP contribution in [0, 0.1) is 0 Å². The van der Waals surface area contributed by atoms with E-state index < -0.39 is 15.5 Å². The minimum absolute atomic E-state index is 0.671. The fraction of sp³-hybridized carbons (Fsp3) is 1.00. The summed E-state index contributed by atoms with van der Waals surface area (Å²) in [4.78, 5) is 0. The molecule has 0 saturated heterocycles. The van der Waals surface area contributed by atoms with Crippen molar-refractivity contribution >= 4 is 18.8 Å². The van der Waals surface area contributed by atoms with Crippen LogP contribution in [0.15, 0.2) is 0 Å². The molecule has 3 nitrogen and oxygen atoms in total. The van der Waals surface area contributed by atoms with Crippen LogP contribution >= 0.6 is 18.8 Å². The first-order valence-electron chi connectivity index (χ1n) is 2.87. The molecule has 0 aromatic carbocycles. The molecule has 0 fully saturated rings. The average Bonchev–Trinajstić information content (AvgIpc) is 1.87. The summed E-state index contributed by atoms with van der Waals surface area (Å²) in [6.07, 6.45) is 0. The van der Waals surface area contributed by atoms with Gasteiger partial charge in [-0.25, -0.2) is 0 Å². The van der Waals surface area contributed by atoms with E-state index in [1.54, 1.807) is 0 Å². The van der Waals surface area contributed by atoms with Gasteiger partial charge >= 0.3 is 75.4 Å². The Morgan fingerprint density at radius 2 is 1.90 bits per heavy atom. The van der Waals surface area contributed by atoms with Gasteiger partial charge in [-0.2, -0.15) is 0 Å². The number of rotatable bonds is 6. The molecule has 0 aromatic rings. The standard InChI is InChI=1S/C4H12N3.2ClH.Pt/c5-1-3-7-4-2-6;;;/h5,7H,1-4,6H2;2*1H;/q-1;;;+3/p-2. The third-order valence-electron chi connectivity index (χ3n) is 0.786. The van der Waals surface area contributed by atoms with E-state index >= 15 is 0 Å². The Kier molecular flexibility index (Phi) is 9.19. The maximum absolute atomic E-state index is 5.55. The van der Waals surface area contributed by atoms with Crippen LogP contribution in [-0.4, -0.2) is 26.2 Å². The van der Waals surface area contributed by atoms with Gasteiger partial charge in [-0.3, -0.25) is 0 Å². The molecule has 0 unspecified atom stereocenters. The zero-order valence-electron chi connectivity index (χ0n) is 5.48. The number of hydrogen-bond acceptors (Lipinski definition) is 3. The van der Waals surface area contributed by atoms with Crippen molar-refractivity contribution in [1.82, 2.24) is 9.19 Å². The van der Waals surface area contributed by atoms with E-state index in [1.165, 1.54) is 0 Å². The first kappa shape index (κ1) is 11.1. The molecule has 67 valence electrons. The normalized spacial score (nSPS) is 11.7. The molecule has 0 aliphatic carbocycles. The first-order chi connectivity index (χ1) is 4.77. The summed E-state index contributed by atoms with van der Waals surface area (Å²) in [6.45, 7) is 3.23. The van der Waals surface area contributed by atoms with Crippen LogP contribution in [0.2, 0.25) is 0 Å². The Morgan fingerprint density at radius 1 is 1.20 bits per heavy atom. The molecule has 0 radical (unpaired) electrons. The number of hydrogen-bond donors (Lipinski definition) is 3. The van der Waals surface area contributed by atoms with Gasteiger partial charge in [0, 0.05) is 0 Å². The van der Waals surface area contributed by atoms with E-state index in [4.69, 9.17) is 24.6 Å². The minimum atomic E-state index is -1.75. The summed E-state index contributed by atoms with van der Waals surface area (Å²) in [6, 6.07) is 0. The quantitative estimate of drug-likeness (QED) is 0.577. The van der Waals surface area contributed by atoms with Crippen molar-refractivity contribution in [1.29, 1.82) is 0 Å². The van der Waals surface area contributed by atoms with E-state index in [0.717, 1.165) is 19.6 Å². The molecule has 0 rings (SSSR count). The molecular weight excluding hydrogens is 356 g/mol. The fourth-order valence-electron chi connectivity index (χ4n) is 0.415. The van der Waals surface area contributed by atoms with Crippen molar-refractivity contribution < 1.29 is 15.5 Å². The topological polar surface area (TPSA) is 50.1 Å². The molecule has 0 saturated carbocycles. The van der Waals surface area contributed by atoms with Gasteiger partial charge in [-0.05, 0) is 0 Å². The Labute approximate surface area is 75.3 Å². The van der Waals surface area contributed by atoms with Gasteiger partial charge < -0.3 is 0 Å². The van der Waals surface area contributed by atoms with E-state index in [0.29, 0.717) is 6.54 Å². The van der Waals surface area contributed by atoms with Crippen LogP contribution in [-0.2, 0) is 15.5 Å². The average molecular weight is 368 g/mol. The Balaban J connectivity index is 2.77. The third kappa shape index (κ3) is 9.15. The second kappa shape index (κ2) is 8.25. The zero-order chi connectivity index (χ0) is 7.82. The van der Waals surface area contributed by atoms with Crippen molar-refractivity contribution in [2.24, 2.45) is 5.73 Å². The molecule has 0 spiro atoms. The van der Waals surface area contributed by atoms with Crippen molar-refractivity contribution in [2.75, 3.05) is 26.2 Å². The molecule has 0 heterocycles. The zero-order valence-corrected chi connectivity index (χ0v) is 9.26. The SMILES string of the molecule is NCCNCC[NH][Pt]([Cl])[Cl]. The van der Waals surface area contributed by atoms with Gasteiger partial charge in [0.05, 0.1) is 0 Å². The van der Waals surface area contributed by atoms with Crippen molar-refractivity contribution in [3.63, 3.8) is 0 Å². The van der Waals surface area contributed by atoms with Crippen molar-refractivity contribution in [3.05, 3.63) is 0 Å². The predicted octanol–water partition coefficient (Wildman–Crippen LogP) is -0.0349. The van der Waals surface area contributed by atoms with Gasteiger partial charge in [0.2, 0.25) is 0 Å². The first-order valence-corrected chi connectivity index (χ1v) is 9.63. The Morgan fingerprint density at radius 3 is 2.40 bits per heavy atom. The molecule has 0 aliphatic rings. The fourth-order valence-corrected chi connectivity index (χ4v) is 2.11. The number of nitrogens with one attached hydrogen (secondary N) is 2. The van der Waals surface area contributed by atoms with Gasteiger partial charge in [0.15, 0.2) is 0 Å². The van der Waals surface area contributed by atoms with Crippen LogP contribution in [0.5, 0.6) is 0 Å². The van der Waals surface area contributed by atoms with Crippen molar-refractivity contribution in [2.45, 2.75) is 0 Å². The molecule has 0 aromatic heterocycles. The molecule has 0 aliphatic heterocycles. The molecule has 0 atom stereocenters. The van der Waals surface area contributed by atoms with Crippen LogP contribution in [0.1, 0.15) is 0 Å². The van der Waals surface area contributed by atoms with Crippen molar-refractivity contribution in [3.8, 4) is 0 Å². The molecule has 10 heavy (non-hydrogen) atoms. The van der Waals surface area contributed by atoms with Gasteiger partial charge in [-0.1, -0.05) is 0 Å². The predicted molar refractivity (Wildman–Crippen MR) is 41.6 cm³/mol. The third-order valence-corrected chi connectivity index (χ3v) is 3.35. The Bertz CT molecular complexity index is 73.5. The second-order valence-corrected chi connectivity index (χ2v) is 8.47. The summed E-state index contributed by atoms with van der Waals surface area (Å²) >= 11 is -1.75. The van der Waals surface area contributed by atoms with E-state index in [2.05, 4.69) is 9.19 Å². The van der Waals surface area contributed by atoms with Gasteiger partial charge in [0.25, 0.3) is 0 Å². The molecule has 6 heteroatoms. The molecule has 0 amide bonds. The molecule has 0 bridgehead atoms. The van der Waals surface area contributed by atoms with E-state index in [1.807, 2.05) is 0 Å². The summed E-state index contributed by atoms with van der Waals surface area (Å²) in [5.41, 5.74) is 5.25. The van der Waals surface area contributed by atoms with Crippen LogP contribution in [0.4, 0.5) is 0 Å². The van der Waals surface area contributed by atoms with Crippen LogP contribution < -0.4 is 14.9 Å². The molecular formula is C4H12Cl2N3Pt. The van der Waals surface area contributed by atoms with Gasteiger partial charge in [-0.15, -0.1) is 0 Å². The summed E-state index contributed by atoms with van der Waals surface area (Å²) < 4.78 is 2.99. The second-order valence-electron chi connectivity index (χ2n) is 1.57. The monoisotopic (exact) mass is 367 g/mol. The van der Waals surface area contributed by atoms with E-state index in [9.17, 15) is 0 Å². The summed E-state index contributed by atoms with van der Waals surface area (Å²) in [7, 11) is 11.1. The van der Waals surface area contributed by atoms with Gasteiger partial charge in [0.1, 0.15) is 0 Å². The van der Waals surface area contributed by atoms with E-state index in [-0.39, 0.29) is 0 Å². The molecule has 4 N–H and O–H groups in total. The van der Waals surface area contributed by atoms with Crippen LogP contribution in [0.3, 0.4) is 0 Å². The summed E-state index contributed by atoms with van der Waals surface area (Å²) in [5.74, 6) is 0. The van der Waals surface area contributed by atoms with Crippen LogP contribution in [0.25, 0.3) is 0 Å². The maximum atomic E-state index is 5.55. The summed E-state index contributed by atoms with van der Waals surface area (Å²) in [5, 5.41) is 3.11. The number of nitrogens with two attached hydrogens (primary N) is 1.